The maximum absolute atomic E-state index is 12.8. The van der Waals surface area contributed by atoms with E-state index in [2.05, 4.69) is 15.9 Å². The smallest absolute Gasteiger partial charge is 0.373 e. The first kappa shape index (κ1) is 30.8. The first-order chi connectivity index (χ1) is 17.9. The predicted molar refractivity (Wildman–Crippen MR) is 132 cm³/mol. The highest BCUT2D eigenvalue weighted by atomic mass is 79.9. The second-order valence-electron chi connectivity index (χ2n) is 7.94. The van der Waals surface area contributed by atoms with E-state index in [0.29, 0.717) is 10.0 Å². The van der Waals surface area contributed by atoms with Crippen LogP contribution < -0.4 is 0 Å². The quantitative estimate of drug-likeness (QED) is 0.168. The molecule has 1 fully saturated rings. The fourth-order valence-electron chi connectivity index (χ4n) is 3.49. The van der Waals surface area contributed by atoms with Gasteiger partial charge in [0.25, 0.3) is 0 Å². The van der Waals surface area contributed by atoms with Gasteiger partial charge in [0.05, 0.1) is 6.61 Å². The molecule has 0 saturated carbocycles. The highest BCUT2D eigenvalue weighted by Gasteiger charge is 2.53. The summed E-state index contributed by atoms with van der Waals surface area (Å²) in [7, 11) is 0. The third-order valence-corrected chi connectivity index (χ3v) is 5.58. The van der Waals surface area contributed by atoms with E-state index in [0.717, 1.165) is 27.7 Å². The molecule has 1 aliphatic heterocycles. The van der Waals surface area contributed by atoms with Gasteiger partial charge in [0.15, 0.2) is 12.2 Å². The number of esters is 5. The summed E-state index contributed by atoms with van der Waals surface area (Å²) in [6, 6.07) is 6.93. The molecule has 208 valence electrons. The van der Waals surface area contributed by atoms with Gasteiger partial charge in [-0.3, -0.25) is 19.2 Å². The van der Waals surface area contributed by atoms with Crippen molar-refractivity contribution >= 4 is 51.9 Å². The molecule has 0 N–H and O–H groups in total. The van der Waals surface area contributed by atoms with Crippen molar-refractivity contribution in [1.29, 1.82) is 0 Å². The van der Waals surface area contributed by atoms with E-state index in [4.69, 9.17) is 33.2 Å². The van der Waals surface area contributed by atoms with Gasteiger partial charge in [0.1, 0.15) is 12.7 Å². The minimum atomic E-state index is -1.59. The van der Waals surface area contributed by atoms with Crippen LogP contribution in [0.1, 0.15) is 40.2 Å². The van der Waals surface area contributed by atoms with Gasteiger partial charge in [0.2, 0.25) is 18.2 Å². The van der Waals surface area contributed by atoms with Gasteiger partial charge in [-0.25, -0.2) is 4.79 Å². The summed E-state index contributed by atoms with van der Waals surface area (Å²) in [6.45, 7) is 5.63. The van der Waals surface area contributed by atoms with E-state index in [-0.39, 0.29) is 12.4 Å². The van der Waals surface area contributed by atoms with Crippen LogP contribution in [0.15, 0.2) is 34.5 Å². The standard InChI is InChI=1S/C25H29BrO12/c1-6-32-24(31)19(11-17-9-7-8-10-18(17)26)37-25-23(36-16(5)30)22(35-15(4)29)21(34-14(3)28)20(38-25)12-33-13(2)27/h7-11,20-23,25H,6,12H2,1-5H3/t20-,21+,22+,23-,25-/m0/s1. The maximum atomic E-state index is 12.8. The lowest BCUT2D eigenvalue weighted by Crippen LogP contribution is -2.63. The van der Waals surface area contributed by atoms with E-state index < -0.39 is 67.2 Å². The van der Waals surface area contributed by atoms with Crippen molar-refractivity contribution < 1.29 is 57.1 Å². The average Bonchev–Trinajstić information content (AvgIpc) is 2.81. The van der Waals surface area contributed by atoms with Crippen molar-refractivity contribution in [3.63, 3.8) is 0 Å². The first-order valence-corrected chi connectivity index (χ1v) is 12.3. The Hall–Kier alpha value is -3.45. The molecule has 0 unspecified atom stereocenters. The van der Waals surface area contributed by atoms with Crippen molar-refractivity contribution in [1.82, 2.24) is 0 Å². The summed E-state index contributed by atoms with van der Waals surface area (Å²) in [5.41, 5.74) is 0.543. The lowest BCUT2D eigenvalue weighted by molar-refractivity contribution is -0.299. The minimum absolute atomic E-state index is 0.0219. The lowest BCUT2D eigenvalue weighted by atomic mass is 9.98. The fourth-order valence-corrected chi connectivity index (χ4v) is 3.88. The zero-order valence-corrected chi connectivity index (χ0v) is 23.1. The third kappa shape index (κ3) is 9.14. The van der Waals surface area contributed by atoms with Crippen LogP contribution in [-0.2, 0) is 57.1 Å². The zero-order valence-electron chi connectivity index (χ0n) is 21.5. The molecule has 0 aliphatic carbocycles. The summed E-state index contributed by atoms with van der Waals surface area (Å²) >= 11 is 3.39. The van der Waals surface area contributed by atoms with Crippen molar-refractivity contribution in [3.8, 4) is 0 Å². The van der Waals surface area contributed by atoms with Crippen LogP contribution in [0.3, 0.4) is 0 Å². The molecular weight excluding hydrogens is 572 g/mol. The Bertz CT molecular complexity index is 1070. The molecule has 1 aromatic carbocycles. The molecular formula is C25H29BrO12. The molecule has 1 aliphatic rings. The van der Waals surface area contributed by atoms with Crippen molar-refractivity contribution in [2.24, 2.45) is 0 Å². The fraction of sp³-hybridized carbons (Fsp3) is 0.480. The van der Waals surface area contributed by atoms with Gasteiger partial charge in [-0.1, -0.05) is 34.1 Å². The normalized spacial score (nSPS) is 23.0. The van der Waals surface area contributed by atoms with Gasteiger partial charge in [-0.2, -0.15) is 0 Å². The topological polar surface area (TPSA) is 150 Å². The molecule has 2 rings (SSSR count). The SMILES string of the molecule is CCOC(=O)C(=Cc1ccccc1Br)O[C@H]1O[C@@H](COC(C)=O)[C@@H](OC(C)=O)[C@@H](OC(C)=O)[C@@H]1OC(C)=O. The summed E-state index contributed by atoms with van der Waals surface area (Å²) in [6.07, 6.45) is -5.78. The van der Waals surface area contributed by atoms with Crippen LogP contribution >= 0.6 is 15.9 Å². The number of ether oxygens (including phenoxy) is 7. The molecule has 5 atom stereocenters. The maximum Gasteiger partial charge on any atom is 0.373 e. The monoisotopic (exact) mass is 600 g/mol. The lowest BCUT2D eigenvalue weighted by Gasteiger charge is -2.43. The molecule has 0 spiro atoms. The van der Waals surface area contributed by atoms with E-state index in [1.54, 1.807) is 31.2 Å². The molecule has 12 nitrogen and oxygen atoms in total. The van der Waals surface area contributed by atoms with E-state index in [9.17, 15) is 24.0 Å². The largest absolute Gasteiger partial charge is 0.463 e. The molecule has 1 aromatic rings. The molecule has 38 heavy (non-hydrogen) atoms. The third-order valence-electron chi connectivity index (χ3n) is 4.86. The predicted octanol–water partition coefficient (Wildman–Crippen LogP) is 2.45. The second kappa shape index (κ2) is 14.5. The number of carbonyl (C=O) groups excluding carboxylic acids is 5. The van der Waals surface area contributed by atoms with Crippen LogP contribution in [0.4, 0.5) is 0 Å². The van der Waals surface area contributed by atoms with Gasteiger partial charge >= 0.3 is 29.8 Å². The van der Waals surface area contributed by atoms with Crippen molar-refractivity contribution in [2.45, 2.75) is 65.3 Å². The Kier molecular flexibility index (Phi) is 11.7. The van der Waals surface area contributed by atoms with Crippen LogP contribution in [0.5, 0.6) is 0 Å². The van der Waals surface area contributed by atoms with Crippen LogP contribution in [0, 0.1) is 0 Å². The number of rotatable bonds is 10. The Balaban J connectivity index is 2.59. The summed E-state index contributed by atoms with van der Waals surface area (Å²) in [5, 5.41) is 0. The molecule has 0 radical (unpaired) electrons. The van der Waals surface area contributed by atoms with Crippen molar-refractivity contribution in [2.75, 3.05) is 13.2 Å². The van der Waals surface area contributed by atoms with Crippen LogP contribution in [0.25, 0.3) is 6.08 Å². The minimum Gasteiger partial charge on any atom is -0.463 e. The Morgan fingerprint density at radius 3 is 1.95 bits per heavy atom. The van der Waals surface area contributed by atoms with Gasteiger partial charge < -0.3 is 33.2 Å². The highest BCUT2D eigenvalue weighted by molar-refractivity contribution is 9.10. The van der Waals surface area contributed by atoms with Gasteiger partial charge in [0, 0.05) is 32.2 Å². The average molecular weight is 601 g/mol. The van der Waals surface area contributed by atoms with Crippen LogP contribution in [-0.4, -0.2) is 73.8 Å². The van der Waals surface area contributed by atoms with E-state index >= 15 is 0 Å². The number of hydrogen-bond acceptors (Lipinski definition) is 12. The highest BCUT2D eigenvalue weighted by Crippen LogP contribution is 2.32. The molecule has 13 heteroatoms. The summed E-state index contributed by atoms with van der Waals surface area (Å²) < 4.78 is 38.6. The Morgan fingerprint density at radius 1 is 0.816 bits per heavy atom. The van der Waals surface area contributed by atoms with Crippen molar-refractivity contribution in [3.05, 3.63) is 40.1 Å². The molecule has 0 amide bonds. The number of hydrogen-bond donors (Lipinski definition) is 0. The Labute approximate surface area is 227 Å². The van der Waals surface area contributed by atoms with E-state index in [1.165, 1.54) is 6.08 Å². The number of benzene rings is 1. The first-order valence-electron chi connectivity index (χ1n) is 11.5. The van der Waals surface area contributed by atoms with Crippen LogP contribution in [0.2, 0.25) is 0 Å². The molecule has 1 heterocycles. The molecule has 1 saturated heterocycles. The Morgan fingerprint density at radius 2 is 1.39 bits per heavy atom. The van der Waals surface area contributed by atoms with E-state index in [1.807, 2.05) is 0 Å². The summed E-state index contributed by atoms with van der Waals surface area (Å²) in [5.74, 6) is -4.25. The summed E-state index contributed by atoms with van der Waals surface area (Å²) in [4.78, 5) is 60.2. The van der Waals surface area contributed by atoms with Gasteiger partial charge in [-0.15, -0.1) is 0 Å². The molecule has 0 aromatic heterocycles. The zero-order chi connectivity index (χ0) is 28.4. The van der Waals surface area contributed by atoms with Gasteiger partial charge in [-0.05, 0) is 24.6 Å². The number of halogens is 1. The molecule has 0 bridgehead atoms. The second-order valence-corrected chi connectivity index (χ2v) is 8.79. The number of carbonyl (C=O) groups is 5.